The van der Waals surface area contributed by atoms with Crippen LogP contribution in [0.1, 0.15) is 46.5 Å². The number of esters is 1. The van der Waals surface area contributed by atoms with Crippen LogP contribution in [-0.4, -0.2) is 33.5 Å². The number of carbonyl (C=O) groups excluding carboxylic acids is 1. The van der Waals surface area contributed by atoms with Gasteiger partial charge < -0.3 is 29.9 Å². The zero-order valence-corrected chi connectivity index (χ0v) is 16.9. The van der Waals surface area contributed by atoms with Gasteiger partial charge in [0.25, 0.3) is 0 Å². The first kappa shape index (κ1) is 22.3. The SMILES string of the molecule is COCc1c(CO)cc(OC(=O)c2c(C)cc(O)cc2O)c(CC=C(C)C)c1O. The minimum Gasteiger partial charge on any atom is -0.508 e. The number of carbonyl (C=O) groups is 1. The highest BCUT2D eigenvalue weighted by molar-refractivity contribution is 5.96. The van der Waals surface area contributed by atoms with Gasteiger partial charge in [-0.2, -0.15) is 0 Å². The molecule has 4 N–H and O–H groups in total. The van der Waals surface area contributed by atoms with Crippen LogP contribution in [0.4, 0.5) is 0 Å². The molecule has 0 saturated carbocycles. The zero-order valence-electron chi connectivity index (χ0n) is 16.9. The summed E-state index contributed by atoms with van der Waals surface area (Å²) in [5.74, 6) is -1.49. The molecule has 0 aliphatic heterocycles. The Labute approximate surface area is 169 Å². The summed E-state index contributed by atoms with van der Waals surface area (Å²) in [4.78, 5) is 12.7. The van der Waals surface area contributed by atoms with Gasteiger partial charge in [-0.1, -0.05) is 11.6 Å². The van der Waals surface area contributed by atoms with Gasteiger partial charge in [0.1, 0.15) is 28.6 Å². The van der Waals surface area contributed by atoms with Gasteiger partial charge in [0.15, 0.2) is 0 Å². The van der Waals surface area contributed by atoms with E-state index in [2.05, 4.69) is 0 Å². The fraction of sp³-hybridized carbons (Fsp3) is 0.318. The second kappa shape index (κ2) is 9.45. The first-order valence-electron chi connectivity index (χ1n) is 9.04. The maximum atomic E-state index is 12.7. The maximum absolute atomic E-state index is 12.7. The van der Waals surface area contributed by atoms with Crippen molar-refractivity contribution in [2.45, 2.75) is 40.4 Å². The lowest BCUT2D eigenvalue weighted by molar-refractivity contribution is 0.0728. The molecule has 0 amide bonds. The molecule has 0 aliphatic rings. The summed E-state index contributed by atoms with van der Waals surface area (Å²) < 4.78 is 10.6. The molecule has 0 saturated heterocycles. The van der Waals surface area contributed by atoms with Crippen molar-refractivity contribution < 1.29 is 34.7 Å². The van der Waals surface area contributed by atoms with Gasteiger partial charge in [0, 0.05) is 24.3 Å². The number of phenolic OH excluding ortho intramolecular Hbond substituents is 3. The molecule has 0 radical (unpaired) electrons. The van der Waals surface area contributed by atoms with Crippen LogP contribution in [0.25, 0.3) is 0 Å². The Hall–Kier alpha value is -3.03. The molecule has 0 atom stereocenters. The number of phenols is 3. The minimum absolute atomic E-state index is 0.0702. The van der Waals surface area contributed by atoms with Gasteiger partial charge >= 0.3 is 5.97 Å². The van der Waals surface area contributed by atoms with Crippen LogP contribution >= 0.6 is 0 Å². The van der Waals surface area contributed by atoms with Crippen molar-refractivity contribution >= 4 is 5.97 Å². The lowest BCUT2D eigenvalue weighted by atomic mass is 9.98. The van der Waals surface area contributed by atoms with E-state index in [0.29, 0.717) is 28.7 Å². The second-order valence-corrected chi connectivity index (χ2v) is 6.96. The summed E-state index contributed by atoms with van der Waals surface area (Å²) in [6.07, 6.45) is 2.16. The Balaban J connectivity index is 2.57. The predicted molar refractivity (Wildman–Crippen MR) is 107 cm³/mol. The van der Waals surface area contributed by atoms with Gasteiger partial charge in [0.05, 0.1) is 13.2 Å². The normalized spacial score (nSPS) is 10.7. The van der Waals surface area contributed by atoms with Crippen LogP contribution < -0.4 is 4.74 Å². The molecule has 2 aromatic rings. The molecular formula is C22H26O7. The molecule has 29 heavy (non-hydrogen) atoms. The molecule has 0 aliphatic carbocycles. The highest BCUT2D eigenvalue weighted by Crippen LogP contribution is 2.37. The third kappa shape index (κ3) is 5.07. The largest absolute Gasteiger partial charge is 0.508 e. The summed E-state index contributed by atoms with van der Waals surface area (Å²) in [5.41, 5.74) is 2.38. The van der Waals surface area contributed by atoms with Crippen molar-refractivity contribution in [2.24, 2.45) is 0 Å². The number of hydrogen-bond acceptors (Lipinski definition) is 7. The van der Waals surface area contributed by atoms with E-state index in [4.69, 9.17) is 9.47 Å². The third-order valence-electron chi connectivity index (χ3n) is 4.44. The number of aliphatic hydroxyl groups excluding tert-OH is 1. The van der Waals surface area contributed by atoms with Crippen molar-refractivity contribution in [2.75, 3.05) is 7.11 Å². The number of benzene rings is 2. The van der Waals surface area contributed by atoms with Gasteiger partial charge in [-0.05, 0) is 50.5 Å². The van der Waals surface area contributed by atoms with Gasteiger partial charge in [-0.3, -0.25) is 0 Å². The molecule has 0 unspecified atom stereocenters. The van der Waals surface area contributed by atoms with Crippen LogP contribution in [0.2, 0.25) is 0 Å². The third-order valence-corrected chi connectivity index (χ3v) is 4.44. The van der Waals surface area contributed by atoms with Crippen LogP contribution in [0.5, 0.6) is 23.0 Å². The lowest BCUT2D eigenvalue weighted by Crippen LogP contribution is -2.13. The number of aliphatic hydroxyl groups is 1. The zero-order chi connectivity index (χ0) is 21.7. The smallest absolute Gasteiger partial charge is 0.347 e. The van der Waals surface area contributed by atoms with Crippen LogP contribution in [0.15, 0.2) is 29.8 Å². The van der Waals surface area contributed by atoms with Crippen LogP contribution in [-0.2, 0) is 24.4 Å². The predicted octanol–water partition coefficient (Wildman–Crippen LogP) is 3.48. The Morgan fingerprint density at radius 3 is 2.34 bits per heavy atom. The van der Waals surface area contributed by atoms with Crippen LogP contribution in [0, 0.1) is 6.92 Å². The van der Waals surface area contributed by atoms with Crippen LogP contribution in [0.3, 0.4) is 0 Å². The summed E-state index contributed by atoms with van der Waals surface area (Å²) in [6, 6.07) is 3.86. The average Bonchev–Trinajstić information content (AvgIpc) is 2.62. The maximum Gasteiger partial charge on any atom is 0.347 e. The summed E-state index contributed by atoms with van der Waals surface area (Å²) in [5, 5.41) is 40.1. The number of rotatable bonds is 7. The van der Waals surface area contributed by atoms with Crippen molar-refractivity contribution in [3.8, 4) is 23.0 Å². The number of aromatic hydroxyl groups is 3. The fourth-order valence-corrected chi connectivity index (χ4v) is 2.99. The lowest BCUT2D eigenvalue weighted by Gasteiger charge is -2.18. The van der Waals surface area contributed by atoms with E-state index in [1.807, 2.05) is 19.9 Å². The number of aryl methyl sites for hydroxylation is 1. The molecule has 0 spiro atoms. The molecule has 0 aromatic heterocycles. The minimum atomic E-state index is -0.846. The van der Waals surface area contributed by atoms with E-state index in [-0.39, 0.29) is 36.0 Å². The summed E-state index contributed by atoms with van der Waals surface area (Å²) in [6.45, 7) is 5.05. The molecule has 0 heterocycles. The van der Waals surface area contributed by atoms with Crippen molar-refractivity contribution in [1.29, 1.82) is 0 Å². The highest BCUT2D eigenvalue weighted by Gasteiger charge is 2.23. The standard InChI is InChI=1S/C22H26O7/c1-12(2)5-6-16-19(8-14(10-23)17(11-28-4)21(16)26)29-22(27)20-13(3)7-15(24)9-18(20)25/h5,7-9,23-26H,6,10-11H2,1-4H3. The number of methoxy groups -OCH3 is 1. The van der Waals surface area contributed by atoms with E-state index >= 15 is 0 Å². The molecule has 0 bridgehead atoms. The van der Waals surface area contributed by atoms with E-state index in [1.54, 1.807) is 6.92 Å². The molecule has 2 rings (SSSR count). The highest BCUT2D eigenvalue weighted by atomic mass is 16.5. The van der Waals surface area contributed by atoms with Gasteiger partial charge in [-0.25, -0.2) is 4.79 Å². The first-order chi connectivity index (χ1) is 13.7. The van der Waals surface area contributed by atoms with Crippen molar-refractivity contribution in [3.05, 3.63) is 57.7 Å². The quantitative estimate of drug-likeness (QED) is 0.318. The second-order valence-electron chi connectivity index (χ2n) is 6.96. The number of ether oxygens (including phenoxy) is 2. The van der Waals surface area contributed by atoms with E-state index in [0.717, 1.165) is 11.6 Å². The molecule has 7 nitrogen and oxygen atoms in total. The summed E-state index contributed by atoms with van der Waals surface area (Å²) in [7, 11) is 1.47. The van der Waals surface area contributed by atoms with Crippen molar-refractivity contribution in [3.63, 3.8) is 0 Å². The van der Waals surface area contributed by atoms with Gasteiger partial charge in [-0.15, -0.1) is 0 Å². The van der Waals surface area contributed by atoms with E-state index in [9.17, 15) is 25.2 Å². The van der Waals surface area contributed by atoms with E-state index < -0.39 is 11.7 Å². The Bertz CT molecular complexity index is 918. The molecular weight excluding hydrogens is 376 g/mol. The van der Waals surface area contributed by atoms with Gasteiger partial charge in [0.2, 0.25) is 0 Å². The molecule has 0 fully saturated rings. The topological polar surface area (TPSA) is 116 Å². The fourth-order valence-electron chi connectivity index (χ4n) is 2.99. The number of hydrogen-bond donors (Lipinski definition) is 4. The average molecular weight is 402 g/mol. The molecule has 2 aromatic carbocycles. The molecule has 7 heteroatoms. The monoisotopic (exact) mass is 402 g/mol. The Kier molecular flexibility index (Phi) is 7.25. The first-order valence-corrected chi connectivity index (χ1v) is 9.04. The Morgan fingerprint density at radius 1 is 1.10 bits per heavy atom. The van der Waals surface area contributed by atoms with Crippen molar-refractivity contribution in [1.82, 2.24) is 0 Å². The number of allylic oxidation sites excluding steroid dienone is 2. The summed E-state index contributed by atoms with van der Waals surface area (Å²) >= 11 is 0. The Morgan fingerprint density at radius 2 is 1.79 bits per heavy atom. The molecule has 156 valence electrons. The van der Waals surface area contributed by atoms with E-state index in [1.165, 1.54) is 19.2 Å².